The fraction of sp³-hybridized carbons (Fsp3) is 0.462. The minimum Gasteiger partial charge on any atom is -0.493 e. The Balaban J connectivity index is 2.50. The van der Waals surface area contributed by atoms with Gasteiger partial charge in [0.2, 0.25) is 0 Å². The van der Waals surface area contributed by atoms with E-state index in [0.29, 0.717) is 13.0 Å². The number of hydrogen-bond donors (Lipinski definition) is 0. The van der Waals surface area contributed by atoms with Crippen LogP contribution in [0, 0.1) is 11.3 Å². The van der Waals surface area contributed by atoms with Crippen LogP contribution in [0.15, 0.2) is 22.7 Å². The van der Waals surface area contributed by atoms with Gasteiger partial charge < -0.3 is 9.16 Å². The van der Waals surface area contributed by atoms with Gasteiger partial charge in [-0.15, -0.1) is 0 Å². The van der Waals surface area contributed by atoms with E-state index in [1.807, 2.05) is 18.2 Å². The van der Waals surface area contributed by atoms with E-state index in [9.17, 15) is 5.26 Å². The molecule has 1 aromatic carbocycles. The smallest absolute Gasteiger partial charge is 0.186 e. The second kappa shape index (κ2) is 4.69. The molecule has 0 amide bonds. The molecule has 1 unspecified atom stereocenters. The summed E-state index contributed by atoms with van der Waals surface area (Å²) >= 11 is 3.42. The van der Waals surface area contributed by atoms with Gasteiger partial charge in [-0.3, -0.25) is 0 Å². The van der Waals surface area contributed by atoms with Gasteiger partial charge in [-0.25, -0.2) is 0 Å². The normalized spacial score (nSPS) is 22.8. The molecule has 5 heteroatoms. The van der Waals surface area contributed by atoms with E-state index < -0.39 is 13.9 Å². The Labute approximate surface area is 117 Å². The summed E-state index contributed by atoms with van der Waals surface area (Å²) in [5, 5.41) is 9.60. The molecule has 1 heterocycles. The first-order chi connectivity index (χ1) is 8.36. The van der Waals surface area contributed by atoms with Crippen LogP contribution in [0.5, 0.6) is 5.75 Å². The highest BCUT2D eigenvalue weighted by Crippen LogP contribution is 2.42. The monoisotopic (exact) mass is 325 g/mol. The number of nitriles is 1. The minimum absolute atomic E-state index is 0.515. The number of halogens is 1. The van der Waals surface area contributed by atoms with Crippen molar-refractivity contribution in [2.45, 2.75) is 31.7 Å². The topological polar surface area (TPSA) is 42.2 Å². The largest absolute Gasteiger partial charge is 0.493 e. The maximum atomic E-state index is 9.60. The third-order valence-electron chi connectivity index (χ3n) is 2.75. The maximum Gasteiger partial charge on any atom is 0.186 e. The van der Waals surface area contributed by atoms with Gasteiger partial charge in [0.05, 0.1) is 6.61 Å². The lowest BCUT2D eigenvalue weighted by Crippen LogP contribution is -2.42. The van der Waals surface area contributed by atoms with Crippen LogP contribution in [0.25, 0.3) is 0 Å². The van der Waals surface area contributed by atoms with E-state index in [-0.39, 0.29) is 0 Å². The second-order valence-electron chi connectivity index (χ2n) is 5.39. The molecule has 0 bridgehead atoms. The molecule has 0 fully saturated rings. The third kappa shape index (κ3) is 2.61. The van der Waals surface area contributed by atoms with Crippen molar-refractivity contribution in [3.05, 3.63) is 28.2 Å². The van der Waals surface area contributed by atoms with Crippen molar-refractivity contribution in [2.24, 2.45) is 0 Å². The van der Waals surface area contributed by atoms with Crippen molar-refractivity contribution >= 4 is 24.2 Å². The van der Waals surface area contributed by atoms with Gasteiger partial charge in [-0.05, 0) is 31.8 Å². The summed E-state index contributed by atoms with van der Waals surface area (Å²) in [7, 11) is -1.81. The fourth-order valence-electron chi connectivity index (χ4n) is 2.16. The predicted molar refractivity (Wildman–Crippen MR) is 76.0 cm³/mol. The molecule has 0 spiro atoms. The van der Waals surface area contributed by atoms with Crippen molar-refractivity contribution in [3.63, 3.8) is 0 Å². The molecular weight excluding hydrogens is 310 g/mol. The van der Waals surface area contributed by atoms with Crippen molar-refractivity contribution in [1.29, 1.82) is 5.26 Å². The van der Waals surface area contributed by atoms with Gasteiger partial charge in [0.15, 0.2) is 13.9 Å². The Bertz CT molecular complexity index is 507. The number of hydrogen-bond acceptors (Lipinski definition) is 3. The minimum atomic E-state index is -1.81. The summed E-state index contributed by atoms with van der Waals surface area (Å²) in [6.07, 6.45) is 0.586. The molecule has 0 aromatic heterocycles. The highest BCUT2D eigenvalue weighted by Gasteiger charge is 2.42. The van der Waals surface area contributed by atoms with Gasteiger partial charge >= 0.3 is 0 Å². The van der Waals surface area contributed by atoms with Crippen molar-refractivity contribution < 1.29 is 9.16 Å². The van der Waals surface area contributed by atoms with Gasteiger partial charge in [-0.1, -0.05) is 22.0 Å². The lowest BCUT2D eigenvalue weighted by atomic mass is 9.90. The fourth-order valence-corrected chi connectivity index (χ4v) is 3.80. The lowest BCUT2D eigenvalue weighted by molar-refractivity contribution is 0.0664. The molecule has 2 rings (SSSR count). The highest BCUT2D eigenvalue weighted by molar-refractivity contribution is 9.10. The molecule has 0 aliphatic carbocycles. The number of rotatable bonds is 2. The first-order valence-electron chi connectivity index (χ1n) is 5.91. The van der Waals surface area contributed by atoms with Gasteiger partial charge in [0.1, 0.15) is 11.8 Å². The molecule has 1 aromatic rings. The number of fused-ring (bicyclic) bond motifs is 1. The van der Waals surface area contributed by atoms with Crippen LogP contribution in [0.4, 0.5) is 0 Å². The van der Waals surface area contributed by atoms with Crippen molar-refractivity contribution in [3.8, 4) is 11.8 Å². The highest BCUT2D eigenvalue weighted by atomic mass is 79.9. The molecule has 3 nitrogen and oxygen atoms in total. The van der Waals surface area contributed by atoms with Gasteiger partial charge in [-0.2, -0.15) is 5.26 Å². The van der Waals surface area contributed by atoms with Crippen LogP contribution < -0.4 is 4.74 Å². The maximum absolute atomic E-state index is 9.60. The average molecular weight is 326 g/mol. The molecule has 96 valence electrons. The molecule has 0 saturated heterocycles. The van der Waals surface area contributed by atoms with Gasteiger partial charge in [0, 0.05) is 16.5 Å². The predicted octanol–water partition coefficient (Wildman–Crippen LogP) is 3.80. The Morgan fingerprint density at radius 3 is 2.78 bits per heavy atom. The SMILES string of the molecule is C[Si](C)(C)OC1(C#N)CCOc2cc(Br)ccc21. The van der Waals surface area contributed by atoms with Crippen LogP contribution >= 0.6 is 15.9 Å². The zero-order chi connectivity index (χ0) is 13.4. The second-order valence-corrected chi connectivity index (χ2v) is 10.7. The van der Waals surface area contributed by atoms with Crippen LogP contribution in [0.2, 0.25) is 19.6 Å². The van der Waals surface area contributed by atoms with Crippen LogP contribution in [0.3, 0.4) is 0 Å². The molecule has 0 radical (unpaired) electrons. The zero-order valence-electron chi connectivity index (χ0n) is 10.8. The molecule has 0 N–H and O–H groups in total. The summed E-state index contributed by atoms with van der Waals surface area (Å²) in [6.45, 7) is 6.81. The van der Waals surface area contributed by atoms with Crippen molar-refractivity contribution in [2.75, 3.05) is 6.61 Å². The van der Waals surface area contributed by atoms with E-state index in [1.165, 1.54) is 0 Å². The number of nitrogens with zero attached hydrogens (tertiary/aromatic N) is 1. The van der Waals surface area contributed by atoms with E-state index in [2.05, 4.69) is 41.6 Å². The molecule has 1 atom stereocenters. The summed E-state index contributed by atoms with van der Waals surface area (Å²) < 4.78 is 12.7. The van der Waals surface area contributed by atoms with E-state index in [0.717, 1.165) is 15.8 Å². The Morgan fingerprint density at radius 2 is 2.17 bits per heavy atom. The third-order valence-corrected chi connectivity index (χ3v) is 4.21. The summed E-state index contributed by atoms with van der Waals surface area (Å²) in [4.78, 5) is 0. The average Bonchev–Trinajstić information content (AvgIpc) is 2.26. The Kier molecular flexibility index (Phi) is 3.54. The molecule has 1 aliphatic heterocycles. The van der Waals surface area contributed by atoms with E-state index in [1.54, 1.807) is 0 Å². The number of ether oxygens (including phenoxy) is 1. The zero-order valence-corrected chi connectivity index (χ0v) is 13.4. The van der Waals surface area contributed by atoms with Crippen LogP contribution in [0.1, 0.15) is 12.0 Å². The quantitative estimate of drug-likeness (QED) is 0.776. The van der Waals surface area contributed by atoms with Crippen LogP contribution in [-0.4, -0.2) is 14.9 Å². The molecule has 1 aliphatic rings. The molecule has 0 saturated carbocycles. The van der Waals surface area contributed by atoms with Crippen LogP contribution in [-0.2, 0) is 10.0 Å². The first kappa shape index (κ1) is 13.6. The molecule has 18 heavy (non-hydrogen) atoms. The summed E-state index contributed by atoms with van der Waals surface area (Å²) in [5.41, 5.74) is 0.000502. The van der Waals surface area contributed by atoms with E-state index >= 15 is 0 Å². The molecular formula is C13H16BrNO2Si. The Morgan fingerprint density at radius 1 is 1.44 bits per heavy atom. The number of benzene rings is 1. The van der Waals surface area contributed by atoms with E-state index in [4.69, 9.17) is 9.16 Å². The first-order valence-corrected chi connectivity index (χ1v) is 10.1. The lowest BCUT2D eigenvalue weighted by Gasteiger charge is -2.37. The van der Waals surface area contributed by atoms with Gasteiger partial charge in [0.25, 0.3) is 0 Å². The van der Waals surface area contributed by atoms with Crippen molar-refractivity contribution in [1.82, 2.24) is 0 Å². The summed E-state index contributed by atoms with van der Waals surface area (Å²) in [6, 6.07) is 8.11. The Hall–Kier alpha value is -0.833. The summed E-state index contributed by atoms with van der Waals surface area (Å²) in [5.74, 6) is 0.746. The standard InChI is InChI=1S/C13H16BrNO2Si/c1-18(2,3)17-13(9-15)6-7-16-12-8-10(14)4-5-11(12)13/h4-5,8H,6-7H2,1-3H3.